The van der Waals surface area contributed by atoms with E-state index >= 15 is 0 Å². The molecule has 2 bridgehead atoms. The van der Waals surface area contributed by atoms with E-state index in [-0.39, 0.29) is 0 Å². The molecule has 2 heterocycles. The Bertz CT molecular complexity index is 381. The maximum Gasteiger partial charge on any atom is 0.171 e. The van der Waals surface area contributed by atoms with Crippen LogP contribution in [0.4, 0.5) is 0 Å². The van der Waals surface area contributed by atoms with Gasteiger partial charge < -0.3 is 0 Å². The molecule has 1 heteroatoms. The van der Waals surface area contributed by atoms with Crippen LogP contribution in [0.25, 0.3) is 0 Å². The number of pyridine rings is 1. The molecular formula is C18H28N+. The molecule has 1 aromatic heterocycles. The first-order valence-corrected chi connectivity index (χ1v) is 8.08. The van der Waals surface area contributed by atoms with Gasteiger partial charge in [0, 0.05) is 18.1 Å². The first-order chi connectivity index (χ1) is 9.45. The zero-order valence-electron chi connectivity index (χ0n) is 12.2. The second-order valence-corrected chi connectivity index (χ2v) is 5.72. The molecule has 0 saturated carbocycles. The van der Waals surface area contributed by atoms with Crippen molar-refractivity contribution in [2.75, 3.05) is 0 Å². The third kappa shape index (κ3) is 6.04. The summed E-state index contributed by atoms with van der Waals surface area (Å²) in [5.41, 5.74) is 1.51. The summed E-state index contributed by atoms with van der Waals surface area (Å²) in [7, 11) is 0. The average Bonchev–Trinajstić information content (AvgIpc) is 2.43. The SMILES string of the molecule is C1=C\CCCCC[n+]2cccc(c2)CCCCCC/1. The van der Waals surface area contributed by atoms with Gasteiger partial charge in [-0.25, -0.2) is 4.57 Å². The number of rotatable bonds is 0. The van der Waals surface area contributed by atoms with Crippen molar-refractivity contribution >= 4 is 0 Å². The summed E-state index contributed by atoms with van der Waals surface area (Å²) in [5, 5.41) is 0. The summed E-state index contributed by atoms with van der Waals surface area (Å²) in [5.74, 6) is 0. The summed E-state index contributed by atoms with van der Waals surface area (Å²) in [6, 6.07) is 4.49. The zero-order chi connectivity index (χ0) is 13.2. The van der Waals surface area contributed by atoms with Crippen LogP contribution < -0.4 is 4.57 Å². The molecule has 0 fully saturated rings. The van der Waals surface area contributed by atoms with E-state index in [1.807, 2.05) is 0 Å². The highest BCUT2D eigenvalue weighted by atomic mass is 14.9. The maximum atomic E-state index is 2.39. The predicted molar refractivity (Wildman–Crippen MR) is 81.0 cm³/mol. The van der Waals surface area contributed by atoms with Gasteiger partial charge in [0.25, 0.3) is 0 Å². The van der Waals surface area contributed by atoms with Crippen molar-refractivity contribution in [1.82, 2.24) is 0 Å². The molecule has 0 spiro atoms. The topological polar surface area (TPSA) is 3.88 Å². The highest BCUT2D eigenvalue weighted by Gasteiger charge is 2.03. The van der Waals surface area contributed by atoms with Gasteiger partial charge in [0.15, 0.2) is 12.4 Å². The molecule has 0 radical (unpaired) electrons. The van der Waals surface area contributed by atoms with Gasteiger partial charge in [0.05, 0.1) is 0 Å². The fourth-order valence-corrected chi connectivity index (χ4v) is 2.78. The molecule has 1 aliphatic rings. The number of aromatic nitrogens is 1. The summed E-state index contributed by atoms with van der Waals surface area (Å²) in [4.78, 5) is 0. The van der Waals surface area contributed by atoms with Crippen LogP contribution in [-0.2, 0) is 13.0 Å². The van der Waals surface area contributed by atoms with Crippen molar-refractivity contribution < 1.29 is 4.57 Å². The Morgan fingerprint density at radius 1 is 0.789 bits per heavy atom. The number of fused-ring (bicyclic) bond motifs is 2. The molecule has 0 unspecified atom stereocenters. The second-order valence-electron chi connectivity index (χ2n) is 5.72. The Morgan fingerprint density at radius 3 is 2.37 bits per heavy atom. The zero-order valence-corrected chi connectivity index (χ0v) is 12.2. The molecule has 0 saturated heterocycles. The molecule has 1 aliphatic heterocycles. The molecule has 0 amide bonds. The Balaban J connectivity index is 1.87. The summed E-state index contributed by atoms with van der Waals surface area (Å²) in [6.45, 7) is 1.18. The summed E-state index contributed by atoms with van der Waals surface area (Å²) < 4.78 is 2.37. The predicted octanol–water partition coefficient (Wildman–Crippen LogP) is 4.60. The van der Waals surface area contributed by atoms with Gasteiger partial charge in [-0.05, 0) is 51.0 Å². The molecule has 104 valence electrons. The number of nitrogens with zero attached hydrogens (tertiary/aromatic N) is 1. The fraction of sp³-hybridized carbons (Fsp3) is 0.611. The molecule has 0 atom stereocenters. The van der Waals surface area contributed by atoms with Gasteiger partial charge in [0.1, 0.15) is 6.54 Å². The molecule has 1 aromatic rings. The first kappa shape index (κ1) is 14.3. The van der Waals surface area contributed by atoms with E-state index in [4.69, 9.17) is 0 Å². The van der Waals surface area contributed by atoms with Crippen LogP contribution in [0.3, 0.4) is 0 Å². The van der Waals surface area contributed by atoms with Crippen LogP contribution in [0.1, 0.15) is 63.4 Å². The van der Waals surface area contributed by atoms with Crippen molar-refractivity contribution in [1.29, 1.82) is 0 Å². The highest BCUT2D eigenvalue weighted by Crippen LogP contribution is 2.09. The highest BCUT2D eigenvalue weighted by molar-refractivity contribution is 5.05. The van der Waals surface area contributed by atoms with Gasteiger partial charge in [-0.1, -0.05) is 25.0 Å². The van der Waals surface area contributed by atoms with Crippen molar-refractivity contribution in [3.63, 3.8) is 0 Å². The van der Waals surface area contributed by atoms with Crippen LogP contribution in [0.2, 0.25) is 0 Å². The van der Waals surface area contributed by atoms with Crippen molar-refractivity contribution in [3.05, 3.63) is 42.2 Å². The van der Waals surface area contributed by atoms with E-state index in [0.717, 1.165) is 0 Å². The Hall–Kier alpha value is -1.11. The van der Waals surface area contributed by atoms with Gasteiger partial charge in [0.2, 0.25) is 0 Å². The van der Waals surface area contributed by atoms with Gasteiger partial charge in [-0.3, -0.25) is 0 Å². The van der Waals surface area contributed by atoms with Crippen molar-refractivity contribution in [3.8, 4) is 0 Å². The Morgan fingerprint density at radius 2 is 1.53 bits per heavy atom. The minimum atomic E-state index is 1.18. The van der Waals surface area contributed by atoms with E-state index in [2.05, 4.69) is 41.2 Å². The smallest absolute Gasteiger partial charge is 0.171 e. The third-order valence-corrected chi connectivity index (χ3v) is 3.96. The minimum Gasteiger partial charge on any atom is -0.205 e. The largest absolute Gasteiger partial charge is 0.205 e. The van der Waals surface area contributed by atoms with E-state index in [0.29, 0.717) is 0 Å². The van der Waals surface area contributed by atoms with Gasteiger partial charge in [-0.2, -0.15) is 0 Å². The van der Waals surface area contributed by atoms with Crippen molar-refractivity contribution in [2.24, 2.45) is 0 Å². The molecule has 0 aromatic carbocycles. The number of hydrogen-bond donors (Lipinski definition) is 0. The lowest BCUT2D eigenvalue weighted by molar-refractivity contribution is -0.697. The standard InChI is InChI=1S/C18H28N/c1-2-4-6-8-10-13-18-14-12-16-19(17-18)15-11-9-7-5-3-1/h1,3,12,14,16-17H,2,4-11,13,15H2/q+1/b3-1-. The van der Waals surface area contributed by atoms with Gasteiger partial charge in [-0.15, -0.1) is 0 Å². The summed E-state index contributed by atoms with van der Waals surface area (Å²) >= 11 is 0. The lowest BCUT2D eigenvalue weighted by Crippen LogP contribution is -2.33. The number of aryl methyl sites for hydroxylation is 2. The average molecular weight is 258 g/mol. The van der Waals surface area contributed by atoms with Crippen LogP contribution >= 0.6 is 0 Å². The molecule has 1 nitrogen and oxygen atoms in total. The third-order valence-electron chi connectivity index (χ3n) is 3.96. The normalized spacial score (nSPS) is 20.8. The fourth-order valence-electron chi connectivity index (χ4n) is 2.78. The molecule has 0 N–H and O–H groups in total. The van der Waals surface area contributed by atoms with Crippen LogP contribution in [0, 0.1) is 0 Å². The quantitative estimate of drug-likeness (QED) is 0.473. The lowest BCUT2D eigenvalue weighted by atomic mass is 10.1. The monoisotopic (exact) mass is 258 g/mol. The van der Waals surface area contributed by atoms with Crippen LogP contribution in [0.5, 0.6) is 0 Å². The Kier molecular flexibility index (Phi) is 6.70. The lowest BCUT2D eigenvalue weighted by Gasteiger charge is -2.03. The molecule has 2 rings (SSSR count). The van der Waals surface area contributed by atoms with Gasteiger partial charge >= 0.3 is 0 Å². The van der Waals surface area contributed by atoms with E-state index < -0.39 is 0 Å². The van der Waals surface area contributed by atoms with Crippen LogP contribution in [-0.4, -0.2) is 0 Å². The summed E-state index contributed by atoms with van der Waals surface area (Å²) in [6.07, 6.45) is 22.6. The van der Waals surface area contributed by atoms with Crippen LogP contribution in [0.15, 0.2) is 36.7 Å². The first-order valence-electron chi connectivity index (χ1n) is 8.08. The molecule has 0 aliphatic carbocycles. The van der Waals surface area contributed by atoms with Crippen molar-refractivity contribution in [2.45, 2.75) is 70.8 Å². The molecule has 19 heavy (non-hydrogen) atoms. The second kappa shape index (κ2) is 8.90. The minimum absolute atomic E-state index is 1.18. The maximum absolute atomic E-state index is 2.39. The van der Waals surface area contributed by atoms with E-state index in [9.17, 15) is 0 Å². The molecular weight excluding hydrogens is 230 g/mol. The van der Waals surface area contributed by atoms with E-state index in [1.54, 1.807) is 0 Å². The Labute approximate surface area is 118 Å². The number of allylic oxidation sites excluding steroid dienone is 2. The number of hydrogen-bond acceptors (Lipinski definition) is 0. The van der Waals surface area contributed by atoms with E-state index in [1.165, 1.54) is 76.3 Å².